The molecule has 27 heavy (non-hydrogen) atoms. The van der Waals surface area contributed by atoms with Crippen LogP contribution in [0.1, 0.15) is 59.2 Å². The van der Waals surface area contributed by atoms with Crippen molar-refractivity contribution in [1.29, 1.82) is 0 Å². The maximum Gasteiger partial charge on any atom is 0.252 e. The fourth-order valence-corrected chi connectivity index (χ4v) is 6.40. The Morgan fingerprint density at radius 3 is 2.93 bits per heavy atom. The van der Waals surface area contributed by atoms with Crippen molar-refractivity contribution in [2.45, 2.75) is 68.1 Å². The Balaban J connectivity index is 1.67. The smallest absolute Gasteiger partial charge is 0.252 e. The van der Waals surface area contributed by atoms with Crippen molar-refractivity contribution >= 4 is 11.7 Å². The van der Waals surface area contributed by atoms with Gasteiger partial charge in [0.2, 0.25) is 0 Å². The molecule has 4 atom stereocenters. The van der Waals surface area contributed by atoms with Crippen LogP contribution in [0.15, 0.2) is 6.07 Å². The Morgan fingerprint density at radius 1 is 1.37 bits per heavy atom. The van der Waals surface area contributed by atoms with Crippen LogP contribution >= 0.6 is 0 Å². The molecule has 1 unspecified atom stereocenters. The average Bonchev–Trinajstić information content (AvgIpc) is 3.36. The molecule has 3 fully saturated rings. The zero-order chi connectivity index (χ0) is 18.6. The average molecular weight is 368 g/mol. The number of nitrogens with one attached hydrogen (secondary N) is 1. The SMILES string of the molecule is NC(=O)c1cc(CC2CC2)c2c3c1OC1C(=O)CC[C@@]4(O)[C@@H](C2)NCC[C@]314. The van der Waals surface area contributed by atoms with Crippen molar-refractivity contribution in [2.24, 2.45) is 11.7 Å². The molecular formula is C21H24N2O4. The number of Topliss-reactive ketones (excluding diaryl/α,β-unsaturated/α-hetero) is 1. The number of ether oxygens (including phenoxy) is 1. The van der Waals surface area contributed by atoms with Crippen molar-refractivity contribution in [1.82, 2.24) is 5.32 Å². The molecule has 6 nitrogen and oxygen atoms in total. The molecule has 0 aromatic heterocycles. The van der Waals surface area contributed by atoms with E-state index in [4.69, 9.17) is 10.5 Å². The van der Waals surface area contributed by atoms with Crippen LogP contribution < -0.4 is 15.8 Å². The highest BCUT2D eigenvalue weighted by Crippen LogP contribution is 2.63. The highest BCUT2D eigenvalue weighted by Gasteiger charge is 2.72. The molecule has 4 N–H and O–H groups in total. The van der Waals surface area contributed by atoms with Crippen molar-refractivity contribution in [3.05, 3.63) is 28.3 Å². The standard InChI is InChI=1S/C21H24N2O4/c22-19(25)13-8-11(7-10-1-2-10)12-9-15-21(26)4-3-14(24)18-20(21,5-6-23-15)16(12)17(13)27-18/h8,10,15,18,23,26H,1-7,9H2,(H2,22,25)/t15-,18?,20+,21-/m1/s1. The number of benzene rings is 1. The summed E-state index contributed by atoms with van der Waals surface area (Å²) in [6.45, 7) is 0.734. The number of hydrogen-bond acceptors (Lipinski definition) is 5. The van der Waals surface area contributed by atoms with Crippen molar-refractivity contribution in [3.8, 4) is 5.75 Å². The summed E-state index contributed by atoms with van der Waals surface area (Å²) in [5, 5.41) is 15.3. The maximum atomic E-state index is 12.8. The third kappa shape index (κ3) is 1.79. The summed E-state index contributed by atoms with van der Waals surface area (Å²) >= 11 is 0. The Bertz CT molecular complexity index is 908. The molecule has 3 aliphatic carbocycles. The van der Waals surface area contributed by atoms with Gasteiger partial charge in [0.05, 0.1) is 16.6 Å². The number of piperidine rings is 1. The maximum absolute atomic E-state index is 12.8. The molecule has 6 rings (SSSR count). The third-order valence-corrected chi connectivity index (χ3v) is 7.79. The second-order valence-electron chi connectivity index (χ2n) is 9.10. The van der Waals surface area contributed by atoms with Gasteiger partial charge in [-0.05, 0) is 68.2 Å². The molecule has 2 heterocycles. The van der Waals surface area contributed by atoms with Crippen molar-refractivity contribution in [3.63, 3.8) is 0 Å². The van der Waals surface area contributed by atoms with E-state index >= 15 is 0 Å². The van der Waals surface area contributed by atoms with E-state index in [0.717, 1.165) is 24.1 Å². The van der Waals surface area contributed by atoms with Gasteiger partial charge in [0.15, 0.2) is 11.9 Å². The van der Waals surface area contributed by atoms with E-state index < -0.39 is 23.0 Å². The highest BCUT2D eigenvalue weighted by atomic mass is 16.5. The monoisotopic (exact) mass is 368 g/mol. The van der Waals surface area contributed by atoms with E-state index in [0.29, 0.717) is 42.9 Å². The first-order valence-electron chi connectivity index (χ1n) is 10.1. The van der Waals surface area contributed by atoms with Crippen LogP contribution in [0.4, 0.5) is 0 Å². The van der Waals surface area contributed by atoms with Gasteiger partial charge in [-0.3, -0.25) is 9.59 Å². The third-order valence-electron chi connectivity index (χ3n) is 7.79. The molecule has 1 spiro atoms. The minimum Gasteiger partial charge on any atom is -0.480 e. The predicted molar refractivity (Wildman–Crippen MR) is 96.8 cm³/mol. The van der Waals surface area contributed by atoms with Gasteiger partial charge < -0.3 is 20.9 Å². The quantitative estimate of drug-likeness (QED) is 0.731. The summed E-state index contributed by atoms with van der Waals surface area (Å²) in [7, 11) is 0. The Kier molecular flexibility index (Phi) is 2.93. The molecule has 0 radical (unpaired) electrons. The van der Waals surface area contributed by atoms with Gasteiger partial charge in [-0.25, -0.2) is 0 Å². The van der Waals surface area contributed by atoms with Crippen molar-refractivity contribution in [2.75, 3.05) is 6.54 Å². The lowest BCUT2D eigenvalue weighted by atomic mass is 9.49. The number of rotatable bonds is 3. The highest BCUT2D eigenvalue weighted by molar-refractivity contribution is 5.99. The predicted octanol–water partition coefficient (Wildman–Crippen LogP) is 0.749. The van der Waals surface area contributed by atoms with Gasteiger partial charge in [-0.15, -0.1) is 0 Å². The Hall–Kier alpha value is -1.92. The number of carbonyl (C=O) groups excluding carboxylic acids is 2. The summed E-state index contributed by atoms with van der Waals surface area (Å²) < 4.78 is 6.19. The van der Waals surface area contributed by atoms with Crippen LogP contribution in [0.5, 0.6) is 5.75 Å². The number of primary amides is 1. The molecule has 1 saturated heterocycles. The fraction of sp³-hybridized carbons (Fsp3) is 0.619. The summed E-state index contributed by atoms with van der Waals surface area (Å²) in [5.74, 6) is 0.642. The van der Waals surface area contributed by atoms with E-state index in [1.807, 2.05) is 6.07 Å². The summed E-state index contributed by atoms with van der Waals surface area (Å²) in [5.41, 5.74) is 7.58. The second kappa shape index (κ2) is 4.92. The Labute approximate surface area is 157 Å². The molecule has 142 valence electrons. The molecular weight excluding hydrogens is 344 g/mol. The summed E-state index contributed by atoms with van der Waals surface area (Å²) in [6.07, 6.45) is 4.78. The van der Waals surface area contributed by atoms with Gasteiger partial charge in [-0.1, -0.05) is 0 Å². The minimum atomic E-state index is -1.02. The van der Waals surface area contributed by atoms with E-state index in [1.165, 1.54) is 18.4 Å². The first-order chi connectivity index (χ1) is 13.0. The molecule has 5 aliphatic rings. The van der Waals surface area contributed by atoms with E-state index in [2.05, 4.69) is 5.32 Å². The molecule has 1 aromatic carbocycles. The number of nitrogens with two attached hydrogens (primary N) is 1. The van der Waals surface area contributed by atoms with Crippen LogP contribution in [-0.2, 0) is 23.1 Å². The number of hydrogen-bond donors (Lipinski definition) is 3. The molecule has 1 amide bonds. The van der Waals surface area contributed by atoms with E-state index in [1.54, 1.807) is 0 Å². The summed E-state index contributed by atoms with van der Waals surface area (Å²) in [4.78, 5) is 25.1. The number of amides is 1. The lowest BCUT2D eigenvalue weighted by Gasteiger charge is -2.59. The Morgan fingerprint density at radius 2 is 2.19 bits per heavy atom. The van der Waals surface area contributed by atoms with Gasteiger partial charge in [0.25, 0.3) is 5.91 Å². The van der Waals surface area contributed by atoms with Crippen LogP contribution in [0.3, 0.4) is 0 Å². The second-order valence-corrected chi connectivity index (χ2v) is 9.10. The minimum absolute atomic E-state index is 0.0311. The summed E-state index contributed by atoms with van der Waals surface area (Å²) in [6, 6.07) is 1.81. The largest absolute Gasteiger partial charge is 0.480 e. The van der Waals surface area contributed by atoms with E-state index in [-0.39, 0.29) is 11.8 Å². The fourth-order valence-electron chi connectivity index (χ4n) is 6.40. The van der Waals surface area contributed by atoms with Crippen LogP contribution in [0.2, 0.25) is 0 Å². The number of carbonyl (C=O) groups is 2. The molecule has 2 bridgehead atoms. The topological polar surface area (TPSA) is 102 Å². The van der Waals surface area contributed by atoms with Crippen LogP contribution in [0.25, 0.3) is 0 Å². The van der Waals surface area contributed by atoms with E-state index in [9.17, 15) is 14.7 Å². The van der Waals surface area contributed by atoms with Crippen LogP contribution in [-0.4, -0.2) is 41.1 Å². The number of ketones is 1. The normalized spacial score (nSPS) is 38.3. The van der Waals surface area contributed by atoms with Gasteiger partial charge in [-0.2, -0.15) is 0 Å². The first kappa shape index (κ1) is 16.1. The van der Waals surface area contributed by atoms with Gasteiger partial charge in [0.1, 0.15) is 5.75 Å². The zero-order valence-corrected chi connectivity index (χ0v) is 15.2. The zero-order valence-electron chi connectivity index (χ0n) is 15.2. The molecule has 2 aliphatic heterocycles. The molecule has 6 heteroatoms. The van der Waals surface area contributed by atoms with Gasteiger partial charge in [0, 0.05) is 18.0 Å². The molecule has 1 aromatic rings. The lowest BCUT2D eigenvalue weighted by Crippen LogP contribution is -2.76. The lowest BCUT2D eigenvalue weighted by molar-refractivity contribution is -0.166. The number of aliphatic hydroxyl groups is 1. The molecule has 2 saturated carbocycles. The first-order valence-corrected chi connectivity index (χ1v) is 10.1. The van der Waals surface area contributed by atoms with Crippen LogP contribution in [0, 0.1) is 5.92 Å². The van der Waals surface area contributed by atoms with Crippen molar-refractivity contribution < 1.29 is 19.4 Å². The van der Waals surface area contributed by atoms with Gasteiger partial charge >= 0.3 is 0 Å².